The number of aryl methyl sites for hydroxylation is 1. The molecule has 0 saturated heterocycles. The van der Waals surface area contributed by atoms with Crippen LogP contribution in [0.2, 0.25) is 0 Å². The van der Waals surface area contributed by atoms with E-state index in [2.05, 4.69) is 27.8 Å². The molecule has 0 amide bonds. The van der Waals surface area contributed by atoms with E-state index in [9.17, 15) is 8.42 Å². The van der Waals surface area contributed by atoms with Crippen LogP contribution in [0.25, 0.3) is 0 Å². The smallest absolute Gasteiger partial charge is 0.191 e. The minimum Gasteiger partial charge on any atom is -0.357 e. The van der Waals surface area contributed by atoms with Crippen molar-refractivity contribution < 1.29 is 8.42 Å². The normalized spacial score (nSPS) is 12.5. The highest BCUT2D eigenvalue weighted by molar-refractivity contribution is 14.0. The molecule has 24 heavy (non-hydrogen) atoms. The van der Waals surface area contributed by atoms with Crippen molar-refractivity contribution in [3.05, 3.63) is 35.4 Å². The van der Waals surface area contributed by atoms with Crippen LogP contribution in [0.4, 0.5) is 0 Å². The molecule has 0 heterocycles. The predicted molar refractivity (Wildman–Crippen MR) is 113 cm³/mol. The summed E-state index contributed by atoms with van der Waals surface area (Å²) in [6.07, 6.45) is 0. The van der Waals surface area contributed by atoms with Crippen molar-refractivity contribution in [1.29, 1.82) is 0 Å². The molecule has 0 aliphatic carbocycles. The molecule has 0 aliphatic heterocycles. The summed E-state index contributed by atoms with van der Waals surface area (Å²) in [6, 6.07) is 8.21. The van der Waals surface area contributed by atoms with Crippen LogP contribution in [-0.4, -0.2) is 38.0 Å². The van der Waals surface area contributed by atoms with E-state index in [1.807, 2.05) is 26.0 Å². The van der Waals surface area contributed by atoms with Crippen LogP contribution in [0.1, 0.15) is 38.8 Å². The Morgan fingerprint density at radius 3 is 2.21 bits per heavy atom. The fraction of sp³-hybridized carbons (Fsp3) is 0.588. The third-order valence-electron chi connectivity index (χ3n) is 3.48. The van der Waals surface area contributed by atoms with Gasteiger partial charge in [0.25, 0.3) is 0 Å². The fourth-order valence-electron chi connectivity index (χ4n) is 1.82. The van der Waals surface area contributed by atoms with Crippen LogP contribution in [0.3, 0.4) is 0 Å². The van der Waals surface area contributed by atoms with E-state index in [0.29, 0.717) is 19.0 Å². The topological polar surface area (TPSA) is 70.6 Å². The van der Waals surface area contributed by atoms with Crippen molar-refractivity contribution in [2.24, 2.45) is 4.99 Å². The Labute approximate surface area is 163 Å². The number of hydrogen-bond donors (Lipinski definition) is 2. The Morgan fingerprint density at radius 1 is 1.12 bits per heavy atom. The summed E-state index contributed by atoms with van der Waals surface area (Å²) in [5.41, 5.74) is 2.34. The van der Waals surface area contributed by atoms with Gasteiger partial charge in [0, 0.05) is 13.1 Å². The van der Waals surface area contributed by atoms with E-state index in [-0.39, 0.29) is 29.7 Å². The standard InChI is InChI=1S/C17H29N3O2S.HI/c1-6-18-16(19-11-12-23(21,22)17(3,4)5)20-13-15-9-7-14(2)8-10-15;/h7-10H,6,11-13H2,1-5H3,(H2,18,19,20);1H. The molecule has 1 aromatic carbocycles. The summed E-state index contributed by atoms with van der Waals surface area (Å²) in [4.78, 5) is 4.49. The van der Waals surface area contributed by atoms with Crippen molar-refractivity contribution >= 4 is 39.8 Å². The molecule has 1 aromatic rings. The van der Waals surface area contributed by atoms with Crippen molar-refractivity contribution in [3.63, 3.8) is 0 Å². The monoisotopic (exact) mass is 467 g/mol. The zero-order valence-electron chi connectivity index (χ0n) is 15.2. The van der Waals surface area contributed by atoms with Crippen molar-refractivity contribution in [1.82, 2.24) is 10.6 Å². The molecule has 0 unspecified atom stereocenters. The van der Waals surface area contributed by atoms with Gasteiger partial charge in [-0.25, -0.2) is 13.4 Å². The molecule has 1 rings (SSSR count). The van der Waals surface area contributed by atoms with E-state index in [1.54, 1.807) is 20.8 Å². The maximum Gasteiger partial charge on any atom is 0.191 e. The molecule has 0 atom stereocenters. The van der Waals surface area contributed by atoms with Gasteiger partial charge in [-0.1, -0.05) is 29.8 Å². The number of aliphatic imine (C=N–C) groups is 1. The Hall–Kier alpha value is -0.830. The second-order valence-corrected chi connectivity index (χ2v) is 9.40. The molecular weight excluding hydrogens is 437 g/mol. The van der Waals surface area contributed by atoms with Gasteiger partial charge in [-0.15, -0.1) is 24.0 Å². The van der Waals surface area contributed by atoms with Crippen LogP contribution in [0.5, 0.6) is 0 Å². The first-order valence-electron chi connectivity index (χ1n) is 7.96. The van der Waals surface area contributed by atoms with Crippen LogP contribution in [-0.2, 0) is 16.4 Å². The number of hydrogen-bond acceptors (Lipinski definition) is 3. The summed E-state index contributed by atoms with van der Waals surface area (Å²) < 4.78 is 23.5. The Bertz CT molecular complexity index is 620. The minimum atomic E-state index is -3.13. The largest absolute Gasteiger partial charge is 0.357 e. The summed E-state index contributed by atoms with van der Waals surface area (Å²) in [5, 5.41) is 6.22. The maximum absolute atomic E-state index is 12.1. The maximum atomic E-state index is 12.1. The molecule has 7 heteroatoms. The summed E-state index contributed by atoms with van der Waals surface area (Å²) in [6.45, 7) is 10.8. The molecule has 138 valence electrons. The van der Waals surface area contributed by atoms with E-state index < -0.39 is 14.6 Å². The Balaban J connectivity index is 0.00000529. The van der Waals surface area contributed by atoms with Gasteiger partial charge in [0.15, 0.2) is 15.8 Å². The first-order valence-corrected chi connectivity index (χ1v) is 9.61. The van der Waals surface area contributed by atoms with Gasteiger partial charge in [0.2, 0.25) is 0 Å². The van der Waals surface area contributed by atoms with E-state index in [1.165, 1.54) is 5.56 Å². The highest BCUT2D eigenvalue weighted by Crippen LogP contribution is 2.15. The molecule has 0 aromatic heterocycles. The molecule has 2 N–H and O–H groups in total. The number of halogens is 1. The van der Waals surface area contributed by atoms with Gasteiger partial charge in [0.1, 0.15) is 0 Å². The summed E-state index contributed by atoms with van der Waals surface area (Å²) in [5.74, 6) is 0.725. The first kappa shape index (κ1) is 23.2. The van der Waals surface area contributed by atoms with Crippen LogP contribution >= 0.6 is 24.0 Å². The van der Waals surface area contributed by atoms with Gasteiger partial charge in [-0.05, 0) is 40.2 Å². The molecule has 0 saturated carbocycles. The van der Waals surface area contributed by atoms with Crippen LogP contribution in [0.15, 0.2) is 29.3 Å². The second kappa shape index (κ2) is 10.2. The quantitative estimate of drug-likeness (QED) is 0.384. The molecular formula is C17H30IN3O2S. The molecule has 0 radical (unpaired) electrons. The van der Waals surface area contributed by atoms with Gasteiger partial charge >= 0.3 is 0 Å². The Morgan fingerprint density at radius 2 is 1.71 bits per heavy atom. The highest BCUT2D eigenvalue weighted by atomic mass is 127. The first-order chi connectivity index (χ1) is 10.7. The molecule has 0 aliphatic rings. The highest BCUT2D eigenvalue weighted by Gasteiger charge is 2.28. The van der Waals surface area contributed by atoms with E-state index in [0.717, 1.165) is 12.1 Å². The third-order valence-corrected chi connectivity index (χ3v) is 6.09. The molecule has 5 nitrogen and oxygen atoms in total. The van der Waals surface area contributed by atoms with E-state index in [4.69, 9.17) is 0 Å². The number of nitrogens with one attached hydrogen (secondary N) is 2. The van der Waals surface area contributed by atoms with Gasteiger partial charge in [0.05, 0.1) is 17.0 Å². The predicted octanol–water partition coefficient (Wildman–Crippen LogP) is 2.88. The fourth-order valence-corrected chi connectivity index (χ4v) is 2.80. The average Bonchev–Trinajstić information content (AvgIpc) is 2.45. The summed E-state index contributed by atoms with van der Waals surface area (Å²) >= 11 is 0. The van der Waals surface area contributed by atoms with Crippen molar-refractivity contribution in [3.8, 4) is 0 Å². The minimum absolute atomic E-state index is 0. The zero-order valence-corrected chi connectivity index (χ0v) is 18.4. The number of nitrogens with zero attached hydrogens (tertiary/aromatic N) is 1. The molecule has 0 bridgehead atoms. The van der Waals surface area contributed by atoms with Crippen molar-refractivity contribution in [2.45, 2.75) is 45.9 Å². The molecule has 0 fully saturated rings. The molecule has 0 spiro atoms. The third kappa shape index (κ3) is 7.83. The van der Waals surface area contributed by atoms with Crippen LogP contribution < -0.4 is 10.6 Å². The van der Waals surface area contributed by atoms with Gasteiger partial charge in [-0.3, -0.25) is 0 Å². The zero-order chi connectivity index (χ0) is 17.5. The second-order valence-electron chi connectivity index (χ2n) is 6.54. The number of benzene rings is 1. The lowest BCUT2D eigenvalue weighted by atomic mass is 10.1. The number of rotatable bonds is 6. The Kier molecular flexibility index (Phi) is 9.87. The lowest BCUT2D eigenvalue weighted by molar-refractivity contribution is 0.559. The van der Waals surface area contributed by atoms with Gasteiger partial charge in [-0.2, -0.15) is 0 Å². The number of guanidine groups is 1. The van der Waals surface area contributed by atoms with Crippen molar-refractivity contribution in [2.75, 3.05) is 18.8 Å². The average molecular weight is 467 g/mol. The summed E-state index contributed by atoms with van der Waals surface area (Å²) in [7, 11) is -3.13. The SMILES string of the molecule is CCNC(=NCc1ccc(C)cc1)NCCS(=O)(=O)C(C)(C)C.I. The van der Waals surface area contributed by atoms with Gasteiger partial charge < -0.3 is 10.6 Å². The lowest BCUT2D eigenvalue weighted by Crippen LogP contribution is -2.41. The number of sulfone groups is 1. The lowest BCUT2D eigenvalue weighted by Gasteiger charge is -2.19. The van der Waals surface area contributed by atoms with Crippen LogP contribution in [0, 0.1) is 6.92 Å². The van der Waals surface area contributed by atoms with E-state index >= 15 is 0 Å².